The molecule has 1 aliphatic rings. The molecule has 2 heterocycles. The topological polar surface area (TPSA) is 63.7 Å². The molecule has 0 atom stereocenters. The van der Waals surface area contributed by atoms with Gasteiger partial charge in [-0.3, -0.25) is 4.79 Å². The number of pyridine rings is 1. The van der Waals surface area contributed by atoms with E-state index in [1.165, 1.54) is 0 Å². The van der Waals surface area contributed by atoms with E-state index in [1.54, 1.807) is 13.1 Å². The SMILES string of the molecule is CCOC(=O)CNCc1ccnc(N2CCOCC2)c1. The third-order valence-corrected chi connectivity index (χ3v) is 3.05. The fourth-order valence-electron chi connectivity index (χ4n) is 2.06. The van der Waals surface area contributed by atoms with Crippen LogP contribution in [0.4, 0.5) is 5.82 Å². The minimum Gasteiger partial charge on any atom is -0.465 e. The van der Waals surface area contributed by atoms with E-state index in [2.05, 4.69) is 15.2 Å². The molecule has 0 amide bonds. The number of hydrogen-bond donors (Lipinski definition) is 1. The Labute approximate surface area is 119 Å². The van der Waals surface area contributed by atoms with Crippen LogP contribution in [-0.4, -0.2) is 50.4 Å². The number of nitrogens with zero attached hydrogens (tertiary/aromatic N) is 2. The Morgan fingerprint density at radius 2 is 2.30 bits per heavy atom. The highest BCUT2D eigenvalue weighted by atomic mass is 16.5. The van der Waals surface area contributed by atoms with Gasteiger partial charge in [-0.1, -0.05) is 0 Å². The average molecular weight is 279 g/mol. The highest BCUT2D eigenvalue weighted by molar-refractivity contribution is 5.71. The minimum atomic E-state index is -0.227. The summed E-state index contributed by atoms with van der Waals surface area (Å²) in [6.45, 7) is 6.29. The third kappa shape index (κ3) is 4.47. The van der Waals surface area contributed by atoms with Crippen molar-refractivity contribution in [3.8, 4) is 0 Å². The highest BCUT2D eigenvalue weighted by Crippen LogP contribution is 2.14. The average Bonchev–Trinajstić information content (AvgIpc) is 2.49. The molecule has 1 fully saturated rings. The van der Waals surface area contributed by atoms with Gasteiger partial charge in [-0.05, 0) is 24.6 Å². The molecule has 0 spiro atoms. The number of carbonyl (C=O) groups is 1. The molecule has 0 aromatic carbocycles. The normalized spacial score (nSPS) is 15.2. The van der Waals surface area contributed by atoms with Crippen molar-refractivity contribution in [2.45, 2.75) is 13.5 Å². The molecule has 0 saturated carbocycles. The van der Waals surface area contributed by atoms with E-state index in [-0.39, 0.29) is 12.5 Å². The number of ether oxygens (including phenoxy) is 2. The maximum Gasteiger partial charge on any atom is 0.319 e. The highest BCUT2D eigenvalue weighted by Gasteiger charge is 2.12. The number of rotatable bonds is 6. The van der Waals surface area contributed by atoms with Crippen LogP contribution in [0.15, 0.2) is 18.3 Å². The first-order valence-electron chi connectivity index (χ1n) is 6.93. The summed E-state index contributed by atoms with van der Waals surface area (Å²) < 4.78 is 10.2. The van der Waals surface area contributed by atoms with Crippen molar-refractivity contribution in [1.82, 2.24) is 10.3 Å². The quantitative estimate of drug-likeness (QED) is 0.768. The van der Waals surface area contributed by atoms with Gasteiger partial charge in [0.05, 0.1) is 26.4 Å². The number of nitrogens with one attached hydrogen (secondary N) is 1. The van der Waals surface area contributed by atoms with Crippen molar-refractivity contribution in [3.63, 3.8) is 0 Å². The second kappa shape index (κ2) is 7.81. The van der Waals surface area contributed by atoms with Gasteiger partial charge in [-0.25, -0.2) is 4.98 Å². The Morgan fingerprint density at radius 3 is 3.05 bits per heavy atom. The number of esters is 1. The molecule has 0 aliphatic carbocycles. The predicted molar refractivity (Wildman–Crippen MR) is 75.6 cm³/mol. The minimum absolute atomic E-state index is 0.225. The number of carbonyl (C=O) groups excluding carboxylic acids is 1. The van der Waals surface area contributed by atoms with Crippen LogP contribution in [-0.2, 0) is 20.8 Å². The Balaban J connectivity index is 1.84. The molecule has 1 N–H and O–H groups in total. The standard InChI is InChI=1S/C14H21N3O3/c1-2-20-14(18)11-15-10-12-3-4-16-13(9-12)17-5-7-19-8-6-17/h3-4,9,15H,2,5-8,10-11H2,1H3. The summed E-state index contributed by atoms with van der Waals surface area (Å²) >= 11 is 0. The second-order valence-electron chi connectivity index (χ2n) is 4.53. The van der Waals surface area contributed by atoms with E-state index in [1.807, 2.05) is 12.1 Å². The maximum atomic E-state index is 11.2. The van der Waals surface area contributed by atoms with Crippen molar-refractivity contribution in [2.75, 3.05) is 44.4 Å². The molecule has 110 valence electrons. The van der Waals surface area contributed by atoms with Crippen molar-refractivity contribution >= 4 is 11.8 Å². The monoisotopic (exact) mass is 279 g/mol. The Hall–Kier alpha value is -1.66. The molecule has 1 saturated heterocycles. The molecule has 0 unspecified atom stereocenters. The summed E-state index contributed by atoms with van der Waals surface area (Å²) in [6.07, 6.45) is 1.80. The van der Waals surface area contributed by atoms with Crippen LogP contribution in [0.1, 0.15) is 12.5 Å². The summed E-state index contributed by atoms with van der Waals surface area (Å²) in [6, 6.07) is 3.99. The maximum absolute atomic E-state index is 11.2. The number of aromatic nitrogens is 1. The zero-order chi connectivity index (χ0) is 14.2. The van der Waals surface area contributed by atoms with E-state index in [0.717, 1.165) is 37.7 Å². The van der Waals surface area contributed by atoms with Crippen LogP contribution in [0.5, 0.6) is 0 Å². The summed E-state index contributed by atoms with van der Waals surface area (Å²) in [7, 11) is 0. The van der Waals surface area contributed by atoms with Gasteiger partial charge in [0, 0.05) is 25.8 Å². The van der Waals surface area contributed by atoms with Gasteiger partial charge in [0.1, 0.15) is 5.82 Å². The number of hydrogen-bond acceptors (Lipinski definition) is 6. The van der Waals surface area contributed by atoms with Gasteiger partial charge < -0.3 is 19.7 Å². The fourth-order valence-corrected chi connectivity index (χ4v) is 2.06. The number of anilines is 1. The number of morpholine rings is 1. The largest absolute Gasteiger partial charge is 0.465 e. The smallest absolute Gasteiger partial charge is 0.319 e. The first-order valence-corrected chi connectivity index (χ1v) is 6.93. The van der Waals surface area contributed by atoms with Gasteiger partial charge in [-0.15, -0.1) is 0 Å². The summed E-state index contributed by atoms with van der Waals surface area (Å²) in [4.78, 5) is 17.8. The van der Waals surface area contributed by atoms with Gasteiger partial charge in [-0.2, -0.15) is 0 Å². The first-order chi connectivity index (χ1) is 9.79. The molecule has 20 heavy (non-hydrogen) atoms. The van der Waals surface area contributed by atoms with E-state index < -0.39 is 0 Å². The molecule has 1 aliphatic heterocycles. The van der Waals surface area contributed by atoms with Gasteiger partial charge in [0.25, 0.3) is 0 Å². The predicted octanol–water partition coefficient (Wildman–Crippen LogP) is 0.571. The molecule has 1 aromatic heterocycles. The van der Waals surface area contributed by atoms with Crippen LogP contribution in [0.25, 0.3) is 0 Å². The zero-order valence-corrected chi connectivity index (χ0v) is 11.8. The molecular formula is C14H21N3O3. The van der Waals surface area contributed by atoms with Crippen molar-refractivity contribution in [3.05, 3.63) is 23.9 Å². The lowest BCUT2D eigenvalue weighted by Gasteiger charge is -2.28. The van der Waals surface area contributed by atoms with E-state index in [4.69, 9.17) is 9.47 Å². The van der Waals surface area contributed by atoms with Crippen molar-refractivity contribution in [1.29, 1.82) is 0 Å². The second-order valence-corrected chi connectivity index (χ2v) is 4.53. The van der Waals surface area contributed by atoms with Crippen molar-refractivity contribution in [2.24, 2.45) is 0 Å². The van der Waals surface area contributed by atoms with E-state index >= 15 is 0 Å². The lowest BCUT2D eigenvalue weighted by molar-refractivity contribution is -0.142. The van der Waals surface area contributed by atoms with Crippen LogP contribution in [0.3, 0.4) is 0 Å². The van der Waals surface area contributed by atoms with Crippen LogP contribution < -0.4 is 10.2 Å². The summed E-state index contributed by atoms with van der Waals surface area (Å²) in [5.74, 6) is 0.735. The van der Waals surface area contributed by atoms with Gasteiger partial charge in [0.15, 0.2) is 0 Å². The van der Waals surface area contributed by atoms with Crippen molar-refractivity contribution < 1.29 is 14.3 Å². The molecule has 0 bridgehead atoms. The summed E-state index contributed by atoms with van der Waals surface area (Å²) in [5.41, 5.74) is 1.10. The molecule has 1 aromatic rings. The lowest BCUT2D eigenvalue weighted by atomic mass is 10.2. The molecule has 6 nitrogen and oxygen atoms in total. The molecule has 0 radical (unpaired) electrons. The van der Waals surface area contributed by atoms with E-state index in [0.29, 0.717) is 13.2 Å². The lowest BCUT2D eigenvalue weighted by Crippen LogP contribution is -2.36. The van der Waals surface area contributed by atoms with Gasteiger partial charge >= 0.3 is 5.97 Å². The first kappa shape index (κ1) is 14.7. The van der Waals surface area contributed by atoms with Crippen LogP contribution in [0, 0.1) is 0 Å². The van der Waals surface area contributed by atoms with Crippen LogP contribution in [0.2, 0.25) is 0 Å². The fraction of sp³-hybridized carbons (Fsp3) is 0.571. The van der Waals surface area contributed by atoms with E-state index in [9.17, 15) is 4.79 Å². The molecule has 2 rings (SSSR count). The van der Waals surface area contributed by atoms with Crippen LogP contribution >= 0.6 is 0 Å². The third-order valence-electron chi connectivity index (χ3n) is 3.05. The Morgan fingerprint density at radius 1 is 1.50 bits per heavy atom. The molecule has 6 heteroatoms. The molecular weight excluding hydrogens is 258 g/mol. The Kier molecular flexibility index (Phi) is 5.76. The zero-order valence-electron chi connectivity index (χ0n) is 11.8. The van der Waals surface area contributed by atoms with Gasteiger partial charge in [0.2, 0.25) is 0 Å². The summed E-state index contributed by atoms with van der Waals surface area (Å²) in [5, 5.41) is 3.07. The Bertz CT molecular complexity index is 433.